The molecular formula is C27H29NO7. The lowest BCUT2D eigenvalue weighted by Gasteiger charge is -2.24. The molecule has 0 spiro atoms. The summed E-state index contributed by atoms with van der Waals surface area (Å²) >= 11 is 0. The fourth-order valence-corrected chi connectivity index (χ4v) is 4.13. The molecule has 2 atom stereocenters. The minimum atomic E-state index is -0.889. The van der Waals surface area contributed by atoms with Gasteiger partial charge in [-0.25, -0.2) is 4.79 Å². The quantitative estimate of drug-likeness (QED) is 0.574. The van der Waals surface area contributed by atoms with Gasteiger partial charge < -0.3 is 19.5 Å². The van der Waals surface area contributed by atoms with Gasteiger partial charge in [0.1, 0.15) is 17.5 Å². The van der Waals surface area contributed by atoms with Crippen molar-refractivity contribution in [3.63, 3.8) is 0 Å². The van der Waals surface area contributed by atoms with Crippen LogP contribution in [0.25, 0.3) is 5.57 Å². The molecule has 8 heteroatoms. The molecule has 8 nitrogen and oxygen atoms in total. The van der Waals surface area contributed by atoms with Crippen LogP contribution < -0.4 is 14.8 Å². The highest BCUT2D eigenvalue weighted by atomic mass is 16.5. The van der Waals surface area contributed by atoms with E-state index in [0.29, 0.717) is 17.7 Å². The Morgan fingerprint density at radius 1 is 1.00 bits per heavy atom. The van der Waals surface area contributed by atoms with E-state index in [1.807, 2.05) is 13.8 Å². The molecule has 1 aliphatic carbocycles. The van der Waals surface area contributed by atoms with E-state index in [4.69, 9.17) is 14.2 Å². The summed E-state index contributed by atoms with van der Waals surface area (Å²) in [6.45, 7) is 5.50. The van der Waals surface area contributed by atoms with Crippen LogP contribution in [0.15, 0.2) is 36.4 Å². The van der Waals surface area contributed by atoms with E-state index in [1.54, 1.807) is 37.3 Å². The van der Waals surface area contributed by atoms with Crippen LogP contribution in [0.1, 0.15) is 62.5 Å². The first-order valence-corrected chi connectivity index (χ1v) is 11.2. The Balaban J connectivity index is 2.17. The number of fused-ring (bicyclic) bond motifs is 1. The third-order valence-corrected chi connectivity index (χ3v) is 6.19. The first kappa shape index (κ1) is 25.7. The lowest BCUT2D eigenvalue weighted by Crippen LogP contribution is -2.46. The monoisotopic (exact) mass is 479 g/mol. The van der Waals surface area contributed by atoms with Crippen LogP contribution in [0, 0.1) is 12.8 Å². The molecule has 0 unspecified atom stereocenters. The van der Waals surface area contributed by atoms with Crippen LogP contribution >= 0.6 is 0 Å². The molecule has 0 radical (unpaired) electrons. The molecule has 0 aromatic heterocycles. The summed E-state index contributed by atoms with van der Waals surface area (Å²) in [6, 6.07) is 7.16. The smallest absolute Gasteiger partial charge is 0.328 e. The van der Waals surface area contributed by atoms with E-state index in [9.17, 15) is 19.2 Å². The molecule has 1 aliphatic rings. The van der Waals surface area contributed by atoms with Crippen molar-refractivity contribution >= 4 is 29.0 Å². The second-order valence-corrected chi connectivity index (χ2v) is 8.38. The van der Waals surface area contributed by atoms with Gasteiger partial charge in [-0.1, -0.05) is 32.4 Å². The average molecular weight is 480 g/mol. The van der Waals surface area contributed by atoms with Gasteiger partial charge in [-0.2, -0.15) is 0 Å². The summed E-state index contributed by atoms with van der Waals surface area (Å²) in [4.78, 5) is 52.5. The summed E-state index contributed by atoms with van der Waals surface area (Å²) in [5, 5.41) is 2.74. The summed E-state index contributed by atoms with van der Waals surface area (Å²) in [6.07, 6.45) is 1.82. The Morgan fingerprint density at radius 2 is 1.69 bits per heavy atom. The van der Waals surface area contributed by atoms with Gasteiger partial charge in [0.05, 0.1) is 32.5 Å². The number of carbonyl (C=O) groups is 4. The fourth-order valence-electron chi connectivity index (χ4n) is 4.13. The molecule has 0 fully saturated rings. The van der Waals surface area contributed by atoms with Gasteiger partial charge in [0.25, 0.3) is 5.91 Å². The second kappa shape index (κ2) is 10.5. The zero-order valence-corrected chi connectivity index (χ0v) is 20.7. The van der Waals surface area contributed by atoms with Crippen LogP contribution in [0.3, 0.4) is 0 Å². The number of Topliss-reactive ketones (excluding diaryl/α,β-unsaturated/α-hetero) is 1. The molecule has 2 aromatic carbocycles. The number of aryl methyl sites for hydroxylation is 1. The normalized spacial score (nSPS) is 14.4. The predicted octanol–water partition coefficient (Wildman–Crippen LogP) is 3.79. The summed E-state index contributed by atoms with van der Waals surface area (Å²) in [5.74, 6) is -1.67. The molecule has 3 rings (SSSR count). The lowest BCUT2D eigenvalue weighted by atomic mass is 9.83. The largest absolute Gasteiger partial charge is 0.496 e. The number of methoxy groups -OCH3 is 3. The van der Waals surface area contributed by atoms with Crippen LogP contribution in [0.2, 0.25) is 0 Å². The van der Waals surface area contributed by atoms with E-state index in [2.05, 4.69) is 5.32 Å². The van der Waals surface area contributed by atoms with E-state index >= 15 is 0 Å². The number of carbonyl (C=O) groups excluding carboxylic acids is 4. The number of allylic oxidation sites excluding steroid dienone is 2. The van der Waals surface area contributed by atoms with Gasteiger partial charge in [0.15, 0.2) is 11.6 Å². The van der Waals surface area contributed by atoms with Crippen molar-refractivity contribution in [1.82, 2.24) is 5.32 Å². The lowest BCUT2D eigenvalue weighted by molar-refractivity contribution is -0.144. The number of hydrogen-bond donors (Lipinski definition) is 1. The number of rotatable bonds is 8. The molecule has 1 amide bonds. The standard InChI is InChI=1S/C27H29NO7/c1-7-15(3)24(27(32)35-6)28-26(31)18-11-14(2)12-21(34-5)22(18)17-13-19(29)23-16(25(17)30)9-8-10-20(23)33-4/h8-13,15,24H,7H2,1-6H3,(H,28,31)/t15-,24-/m0/s1. The molecule has 0 saturated carbocycles. The van der Waals surface area contributed by atoms with Gasteiger partial charge in [0, 0.05) is 16.7 Å². The highest BCUT2D eigenvalue weighted by molar-refractivity contribution is 6.40. The first-order valence-electron chi connectivity index (χ1n) is 11.2. The molecular weight excluding hydrogens is 450 g/mol. The molecule has 184 valence electrons. The Hall–Kier alpha value is -3.94. The third kappa shape index (κ3) is 4.82. The highest BCUT2D eigenvalue weighted by Gasteiger charge is 2.34. The van der Waals surface area contributed by atoms with Gasteiger partial charge in [0.2, 0.25) is 0 Å². The van der Waals surface area contributed by atoms with E-state index in [-0.39, 0.29) is 39.5 Å². The molecule has 35 heavy (non-hydrogen) atoms. The van der Waals surface area contributed by atoms with Gasteiger partial charge >= 0.3 is 5.97 Å². The first-order chi connectivity index (χ1) is 16.7. The molecule has 0 aliphatic heterocycles. The maximum atomic E-state index is 13.6. The van der Waals surface area contributed by atoms with Gasteiger partial charge in [-0.3, -0.25) is 14.4 Å². The Kier molecular flexibility index (Phi) is 7.74. The van der Waals surface area contributed by atoms with Gasteiger partial charge in [-0.05, 0) is 42.7 Å². The van der Waals surface area contributed by atoms with E-state index in [0.717, 1.165) is 0 Å². The van der Waals surface area contributed by atoms with Crippen LogP contribution in [-0.2, 0) is 9.53 Å². The summed E-state index contributed by atoms with van der Waals surface area (Å²) in [5.41, 5.74) is 1.35. The SMILES string of the molecule is CC[C@H](C)[C@H](NC(=O)c1cc(C)cc(OC)c1C1=CC(=O)c2c(OC)cccc2C1=O)C(=O)OC. The zero-order chi connectivity index (χ0) is 25.9. The summed E-state index contributed by atoms with van der Waals surface area (Å²) in [7, 11) is 4.10. The van der Waals surface area contributed by atoms with Crippen molar-refractivity contribution in [1.29, 1.82) is 0 Å². The minimum Gasteiger partial charge on any atom is -0.496 e. The highest BCUT2D eigenvalue weighted by Crippen LogP contribution is 2.38. The van der Waals surface area contributed by atoms with Crippen LogP contribution in [0.5, 0.6) is 11.5 Å². The van der Waals surface area contributed by atoms with Crippen LogP contribution in [-0.4, -0.2) is 50.8 Å². The molecule has 0 heterocycles. The summed E-state index contributed by atoms with van der Waals surface area (Å²) < 4.78 is 15.7. The Bertz CT molecular complexity index is 1230. The Morgan fingerprint density at radius 3 is 2.29 bits per heavy atom. The number of benzene rings is 2. The van der Waals surface area contributed by atoms with Gasteiger partial charge in [-0.15, -0.1) is 0 Å². The fraction of sp³-hybridized carbons (Fsp3) is 0.333. The van der Waals surface area contributed by atoms with Crippen molar-refractivity contribution in [3.05, 3.63) is 64.2 Å². The second-order valence-electron chi connectivity index (χ2n) is 8.38. The molecule has 1 N–H and O–H groups in total. The number of amides is 1. The van der Waals surface area contributed by atoms with Crippen LogP contribution in [0.4, 0.5) is 0 Å². The number of nitrogens with one attached hydrogen (secondary N) is 1. The number of ether oxygens (including phenoxy) is 3. The van der Waals surface area contributed by atoms with Crippen molar-refractivity contribution in [2.24, 2.45) is 5.92 Å². The van der Waals surface area contributed by atoms with Crippen molar-refractivity contribution in [3.8, 4) is 11.5 Å². The van der Waals surface area contributed by atoms with E-state index < -0.39 is 29.5 Å². The van der Waals surface area contributed by atoms with Crippen molar-refractivity contribution in [2.75, 3.05) is 21.3 Å². The maximum absolute atomic E-state index is 13.6. The number of esters is 1. The maximum Gasteiger partial charge on any atom is 0.328 e. The minimum absolute atomic E-state index is 0.0240. The molecule has 0 saturated heterocycles. The van der Waals surface area contributed by atoms with Crippen molar-refractivity contribution in [2.45, 2.75) is 33.2 Å². The average Bonchev–Trinajstić information content (AvgIpc) is 2.87. The van der Waals surface area contributed by atoms with Crippen molar-refractivity contribution < 1.29 is 33.4 Å². The number of ketones is 2. The number of hydrogen-bond acceptors (Lipinski definition) is 7. The third-order valence-electron chi connectivity index (χ3n) is 6.19. The van der Waals surface area contributed by atoms with E-state index in [1.165, 1.54) is 27.4 Å². The topological polar surface area (TPSA) is 108 Å². The molecule has 2 aromatic rings. The molecule has 0 bridgehead atoms. The Labute approximate surface area is 204 Å². The zero-order valence-electron chi connectivity index (χ0n) is 20.7. The predicted molar refractivity (Wildman–Crippen MR) is 130 cm³/mol.